The monoisotopic (exact) mass is 342 g/mol. The zero-order chi connectivity index (χ0) is 14.9. The summed E-state index contributed by atoms with van der Waals surface area (Å²) in [6.45, 7) is 1.86. The van der Waals surface area contributed by atoms with Gasteiger partial charge in [-0.3, -0.25) is 0 Å². The molecule has 0 aliphatic carbocycles. The molecule has 2 atom stereocenters. The molecule has 0 radical (unpaired) electrons. The fourth-order valence-electron chi connectivity index (χ4n) is 2.20. The molecule has 1 aliphatic heterocycles. The number of rotatable bonds is 2. The Balaban J connectivity index is 2.15. The average Bonchev–Trinajstić information content (AvgIpc) is 2.77. The van der Waals surface area contributed by atoms with Gasteiger partial charge in [-0.2, -0.15) is 0 Å². The molecular weight excluding hydrogens is 328 g/mol. The number of β-amino-alcohol motifs (C(OH)–C–C–N with tert-alkyl or cyclic N) is 1. The number of aliphatic hydroxyl groups is 1. The van der Waals surface area contributed by atoms with Gasteiger partial charge in [-0.05, 0) is 24.6 Å². The highest BCUT2D eigenvalue weighted by Crippen LogP contribution is 2.25. The lowest BCUT2D eigenvalue weighted by Gasteiger charge is -2.22. The van der Waals surface area contributed by atoms with Crippen LogP contribution in [-0.4, -0.2) is 45.8 Å². The minimum absolute atomic E-state index is 0.0237. The van der Waals surface area contributed by atoms with Crippen LogP contribution >= 0.6 is 15.9 Å². The fourth-order valence-corrected chi connectivity index (χ4v) is 2.57. The predicted octanol–water partition coefficient (Wildman–Crippen LogP) is 1.81. The van der Waals surface area contributed by atoms with E-state index in [0.717, 1.165) is 14.9 Å². The highest BCUT2D eigenvalue weighted by Gasteiger charge is 2.39. The summed E-state index contributed by atoms with van der Waals surface area (Å²) < 4.78 is 0.853. The van der Waals surface area contributed by atoms with E-state index in [1.807, 2.05) is 13.0 Å². The fraction of sp³-hybridized carbons (Fsp3) is 0.385. The molecule has 0 unspecified atom stereocenters. The quantitative estimate of drug-likeness (QED) is 0.764. The van der Waals surface area contributed by atoms with Crippen LogP contribution in [0.15, 0.2) is 22.7 Å². The lowest BCUT2D eigenvalue weighted by atomic mass is 10.2. The number of halogens is 1. The van der Waals surface area contributed by atoms with E-state index in [4.69, 9.17) is 5.11 Å². The van der Waals surface area contributed by atoms with Crippen molar-refractivity contribution in [1.82, 2.24) is 4.90 Å². The number of likely N-dealkylation sites (tertiary alicyclic amines) is 1. The zero-order valence-corrected chi connectivity index (χ0v) is 12.4. The summed E-state index contributed by atoms with van der Waals surface area (Å²) in [6, 6.07) is 3.86. The lowest BCUT2D eigenvalue weighted by molar-refractivity contribution is -0.141. The Morgan fingerprint density at radius 1 is 1.45 bits per heavy atom. The number of nitrogens with zero attached hydrogens (tertiary/aromatic N) is 1. The van der Waals surface area contributed by atoms with Gasteiger partial charge in [0.15, 0.2) is 0 Å². The van der Waals surface area contributed by atoms with E-state index in [9.17, 15) is 14.7 Å². The van der Waals surface area contributed by atoms with Crippen molar-refractivity contribution in [2.45, 2.75) is 25.5 Å². The molecule has 0 bridgehead atoms. The molecular formula is C13H15BrN2O4. The van der Waals surface area contributed by atoms with Crippen molar-refractivity contribution in [3.8, 4) is 0 Å². The molecule has 3 N–H and O–H groups in total. The van der Waals surface area contributed by atoms with E-state index in [1.54, 1.807) is 12.1 Å². The van der Waals surface area contributed by atoms with Gasteiger partial charge in [0.1, 0.15) is 6.04 Å². The van der Waals surface area contributed by atoms with Crippen LogP contribution in [0.1, 0.15) is 12.0 Å². The maximum absolute atomic E-state index is 12.2. The van der Waals surface area contributed by atoms with E-state index in [-0.39, 0.29) is 13.0 Å². The lowest BCUT2D eigenvalue weighted by Crippen LogP contribution is -2.43. The van der Waals surface area contributed by atoms with Gasteiger partial charge in [0.25, 0.3) is 0 Å². The second kappa shape index (κ2) is 5.80. The molecule has 7 heteroatoms. The van der Waals surface area contributed by atoms with Crippen LogP contribution in [0.2, 0.25) is 0 Å². The standard InChI is InChI=1S/C13H15BrN2O4/c1-7-9(14)3-2-4-10(7)15-13(20)16-6-8(17)5-11(16)12(18)19/h2-4,8,11,17H,5-6H2,1H3,(H,15,20)(H,18,19)/t8-,11+/m1/s1. The molecule has 0 aromatic heterocycles. The van der Waals surface area contributed by atoms with Gasteiger partial charge in [-0.25, -0.2) is 9.59 Å². The van der Waals surface area contributed by atoms with Crippen LogP contribution in [0.3, 0.4) is 0 Å². The maximum Gasteiger partial charge on any atom is 0.326 e. The minimum atomic E-state index is -1.11. The molecule has 1 heterocycles. The number of carboxylic acid groups (broad SMARTS) is 1. The molecule has 1 saturated heterocycles. The third-order valence-corrected chi connectivity index (χ3v) is 4.19. The van der Waals surface area contributed by atoms with Crippen LogP contribution in [0.25, 0.3) is 0 Å². The number of carboxylic acids is 1. The van der Waals surface area contributed by atoms with Gasteiger partial charge in [0.05, 0.1) is 6.10 Å². The number of urea groups is 1. The van der Waals surface area contributed by atoms with Gasteiger partial charge in [-0.15, -0.1) is 0 Å². The summed E-state index contributed by atoms with van der Waals surface area (Å²) in [4.78, 5) is 24.4. The third-order valence-electron chi connectivity index (χ3n) is 3.33. The molecule has 1 aromatic carbocycles. The number of hydrogen-bond acceptors (Lipinski definition) is 3. The van der Waals surface area contributed by atoms with Crippen molar-refractivity contribution >= 4 is 33.6 Å². The van der Waals surface area contributed by atoms with Gasteiger partial charge >= 0.3 is 12.0 Å². The number of carbonyl (C=O) groups is 2. The molecule has 2 rings (SSSR count). The molecule has 0 spiro atoms. The molecule has 1 fully saturated rings. The highest BCUT2D eigenvalue weighted by atomic mass is 79.9. The van der Waals surface area contributed by atoms with Crippen LogP contribution in [0.4, 0.5) is 10.5 Å². The number of aliphatic carboxylic acids is 1. The first-order valence-corrected chi connectivity index (χ1v) is 6.93. The van der Waals surface area contributed by atoms with Gasteiger partial charge in [0, 0.05) is 23.1 Å². The Hall–Kier alpha value is -1.60. The Morgan fingerprint density at radius 3 is 2.80 bits per heavy atom. The van der Waals surface area contributed by atoms with Crippen LogP contribution < -0.4 is 5.32 Å². The molecule has 2 amide bonds. The zero-order valence-electron chi connectivity index (χ0n) is 10.8. The summed E-state index contributed by atoms with van der Waals surface area (Å²) in [5.41, 5.74) is 1.46. The summed E-state index contributed by atoms with van der Waals surface area (Å²) in [5.74, 6) is -1.11. The SMILES string of the molecule is Cc1c(Br)cccc1NC(=O)N1C[C@H](O)C[C@H]1C(=O)O. The van der Waals surface area contributed by atoms with Gasteiger partial charge in [-0.1, -0.05) is 22.0 Å². The van der Waals surface area contributed by atoms with Crippen molar-refractivity contribution < 1.29 is 19.8 Å². The highest BCUT2D eigenvalue weighted by molar-refractivity contribution is 9.10. The normalized spacial score (nSPS) is 21.9. The van der Waals surface area contributed by atoms with Crippen molar-refractivity contribution in [1.29, 1.82) is 0 Å². The maximum atomic E-state index is 12.2. The smallest absolute Gasteiger partial charge is 0.326 e. The van der Waals surface area contributed by atoms with E-state index in [2.05, 4.69) is 21.2 Å². The Bertz CT molecular complexity index is 549. The molecule has 0 saturated carbocycles. The number of nitrogens with one attached hydrogen (secondary N) is 1. The minimum Gasteiger partial charge on any atom is -0.480 e. The number of benzene rings is 1. The third kappa shape index (κ3) is 2.94. The molecule has 6 nitrogen and oxygen atoms in total. The Labute approximate surface area is 124 Å². The average molecular weight is 343 g/mol. The first-order valence-electron chi connectivity index (χ1n) is 6.13. The van der Waals surface area contributed by atoms with Crippen molar-refractivity contribution in [3.63, 3.8) is 0 Å². The molecule has 1 aromatic rings. The first kappa shape index (κ1) is 14.8. The second-order valence-electron chi connectivity index (χ2n) is 4.74. The Morgan fingerprint density at radius 2 is 2.15 bits per heavy atom. The van der Waals surface area contributed by atoms with Gasteiger partial charge in [0.2, 0.25) is 0 Å². The van der Waals surface area contributed by atoms with Crippen molar-refractivity contribution in [2.24, 2.45) is 0 Å². The number of anilines is 1. The summed E-state index contributed by atoms with van der Waals surface area (Å²) in [5, 5.41) is 21.3. The largest absolute Gasteiger partial charge is 0.480 e. The number of aliphatic hydroxyl groups excluding tert-OH is 1. The summed E-state index contributed by atoms with van der Waals surface area (Å²) in [7, 11) is 0. The first-order chi connectivity index (χ1) is 9.40. The van der Waals surface area contributed by atoms with Crippen LogP contribution in [-0.2, 0) is 4.79 Å². The molecule has 20 heavy (non-hydrogen) atoms. The van der Waals surface area contributed by atoms with E-state index >= 15 is 0 Å². The predicted molar refractivity (Wildman–Crippen MR) is 76.7 cm³/mol. The van der Waals surface area contributed by atoms with E-state index < -0.39 is 24.1 Å². The molecule has 108 valence electrons. The van der Waals surface area contributed by atoms with Crippen LogP contribution in [0, 0.1) is 6.92 Å². The number of hydrogen-bond donors (Lipinski definition) is 3. The van der Waals surface area contributed by atoms with Crippen molar-refractivity contribution in [2.75, 3.05) is 11.9 Å². The summed E-state index contributed by atoms with van der Waals surface area (Å²) >= 11 is 3.37. The summed E-state index contributed by atoms with van der Waals surface area (Å²) in [6.07, 6.45) is -0.745. The van der Waals surface area contributed by atoms with E-state index in [0.29, 0.717) is 5.69 Å². The molecule has 1 aliphatic rings. The topological polar surface area (TPSA) is 89.9 Å². The number of amides is 2. The number of carbonyl (C=O) groups excluding carboxylic acids is 1. The van der Waals surface area contributed by atoms with Gasteiger partial charge < -0.3 is 20.4 Å². The van der Waals surface area contributed by atoms with E-state index in [1.165, 1.54) is 0 Å². The Kier molecular flexibility index (Phi) is 4.29. The van der Waals surface area contributed by atoms with Crippen LogP contribution in [0.5, 0.6) is 0 Å². The van der Waals surface area contributed by atoms with Crippen molar-refractivity contribution in [3.05, 3.63) is 28.2 Å². The second-order valence-corrected chi connectivity index (χ2v) is 5.59.